The first-order valence-corrected chi connectivity index (χ1v) is 12.0. The van der Waals surface area contributed by atoms with Crippen LogP contribution in [0.2, 0.25) is 10.0 Å². The Balaban J connectivity index is 1.53. The number of benzene rings is 2. The average Bonchev–Trinajstić information content (AvgIpc) is 2.95. The lowest BCUT2D eigenvalue weighted by atomic mass is 10.2. The summed E-state index contributed by atoms with van der Waals surface area (Å²) in [4.78, 5) is 2.37. The number of β-amino-alcohol motifs (C(OH)–C–C–N with tert-alkyl or cyclic N) is 1. The second kappa shape index (κ2) is 10.3. The van der Waals surface area contributed by atoms with Gasteiger partial charge in [0.1, 0.15) is 18.5 Å². The van der Waals surface area contributed by atoms with Crippen molar-refractivity contribution in [3.8, 4) is 5.75 Å². The van der Waals surface area contributed by atoms with E-state index in [1.165, 1.54) is 4.31 Å². The number of sulfonamides is 1. The van der Waals surface area contributed by atoms with Gasteiger partial charge in [-0.15, -0.1) is 0 Å². The molecule has 9 heteroatoms. The molecule has 0 spiro atoms. The molecule has 1 aliphatic heterocycles. The van der Waals surface area contributed by atoms with Gasteiger partial charge in [-0.05, 0) is 44.2 Å². The van der Waals surface area contributed by atoms with Crippen LogP contribution in [0.5, 0.6) is 5.75 Å². The van der Waals surface area contributed by atoms with E-state index in [2.05, 4.69) is 4.90 Å². The van der Waals surface area contributed by atoms with E-state index in [9.17, 15) is 13.5 Å². The summed E-state index contributed by atoms with van der Waals surface area (Å²) < 4.78 is 32.9. The van der Waals surface area contributed by atoms with E-state index in [-0.39, 0.29) is 6.61 Å². The number of halogens is 2. The summed E-state index contributed by atoms with van der Waals surface area (Å²) in [5.74, 6) is 0.425. The van der Waals surface area contributed by atoms with E-state index in [4.69, 9.17) is 27.9 Å². The lowest BCUT2D eigenvalue weighted by Gasteiger charge is -2.24. The smallest absolute Gasteiger partial charge is 0.243 e. The third kappa shape index (κ3) is 6.09. The molecule has 6 nitrogen and oxygen atoms in total. The topological polar surface area (TPSA) is 70.1 Å². The molecule has 0 radical (unpaired) electrons. The zero-order valence-corrected chi connectivity index (χ0v) is 19.1. The van der Waals surface area contributed by atoms with Gasteiger partial charge in [0.2, 0.25) is 10.0 Å². The van der Waals surface area contributed by atoms with E-state index in [0.29, 0.717) is 59.8 Å². The van der Waals surface area contributed by atoms with Gasteiger partial charge in [-0.25, -0.2) is 8.42 Å². The van der Waals surface area contributed by atoms with Crippen LogP contribution in [0.4, 0.5) is 0 Å². The molecule has 164 valence electrons. The quantitative estimate of drug-likeness (QED) is 0.668. The van der Waals surface area contributed by atoms with Crippen LogP contribution in [0, 0.1) is 6.92 Å². The van der Waals surface area contributed by atoms with Gasteiger partial charge in [-0.1, -0.05) is 40.9 Å². The number of aliphatic hydroxyl groups is 1. The Kier molecular flexibility index (Phi) is 8.01. The second-order valence-electron chi connectivity index (χ2n) is 7.41. The molecule has 1 saturated heterocycles. The molecule has 1 fully saturated rings. The van der Waals surface area contributed by atoms with E-state index < -0.39 is 16.1 Å². The van der Waals surface area contributed by atoms with Crippen LogP contribution in [0.1, 0.15) is 12.0 Å². The normalized spacial score (nSPS) is 17.5. The zero-order valence-electron chi connectivity index (χ0n) is 16.8. The number of hydrogen-bond donors (Lipinski definition) is 1. The van der Waals surface area contributed by atoms with Crippen LogP contribution in [-0.2, 0) is 10.0 Å². The zero-order chi connectivity index (χ0) is 21.7. The van der Waals surface area contributed by atoms with Crippen LogP contribution in [0.25, 0.3) is 0 Å². The molecule has 0 aromatic heterocycles. The second-order valence-corrected chi connectivity index (χ2v) is 10.2. The van der Waals surface area contributed by atoms with E-state index in [0.717, 1.165) is 5.56 Å². The Labute approximate surface area is 188 Å². The minimum Gasteiger partial charge on any atom is -0.489 e. The molecule has 0 saturated carbocycles. The fraction of sp³-hybridized carbons (Fsp3) is 0.429. The SMILES string of the molecule is Cc1ccc(S(=O)(=O)N2CCCN(C[C@@H](O)COc3cc(Cl)ccc3Cl)CC2)cc1. The number of nitrogens with zero attached hydrogens (tertiary/aromatic N) is 2. The Hall–Kier alpha value is -1.35. The van der Waals surface area contributed by atoms with Crippen molar-refractivity contribution < 1.29 is 18.3 Å². The number of aliphatic hydroxyl groups excluding tert-OH is 1. The first-order valence-electron chi connectivity index (χ1n) is 9.81. The molecule has 0 amide bonds. The molecule has 0 aliphatic carbocycles. The Morgan fingerprint density at radius 1 is 1.07 bits per heavy atom. The van der Waals surface area contributed by atoms with Gasteiger partial charge >= 0.3 is 0 Å². The third-order valence-electron chi connectivity index (χ3n) is 5.00. The minimum absolute atomic E-state index is 0.0714. The highest BCUT2D eigenvalue weighted by Crippen LogP contribution is 2.27. The molecule has 30 heavy (non-hydrogen) atoms. The van der Waals surface area contributed by atoms with Crippen molar-refractivity contribution in [1.82, 2.24) is 9.21 Å². The monoisotopic (exact) mass is 472 g/mol. The Morgan fingerprint density at radius 3 is 2.53 bits per heavy atom. The summed E-state index contributed by atoms with van der Waals surface area (Å²) in [6.07, 6.45) is -0.0426. The highest BCUT2D eigenvalue weighted by atomic mass is 35.5. The molecule has 1 N–H and O–H groups in total. The maximum absolute atomic E-state index is 12.9. The maximum atomic E-state index is 12.9. The summed E-state index contributed by atoms with van der Waals surface area (Å²) in [6.45, 7) is 4.46. The van der Waals surface area contributed by atoms with Crippen molar-refractivity contribution in [2.75, 3.05) is 39.3 Å². The summed E-state index contributed by atoms with van der Waals surface area (Å²) in [7, 11) is -3.52. The molecular weight excluding hydrogens is 447 g/mol. The number of ether oxygens (including phenoxy) is 1. The Morgan fingerprint density at radius 2 is 1.80 bits per heavy atom. The van der Waals surface area contributed by atoms with Crippen molar-refractivity contribution in [3.05, 3.63) is 58.1 Å². The average molecular weight is 473 g/mol. The van der Waals surface area contributed by atoms with Gasteiger partial charge < -0.3 is 9.84 Å². The van der Waals surface area contributed by atoms with Crippen LogP contribution in [0.3, 0.4) is 0 Å². The van der Waals surface area contributed by atoms with Gasteiger partial charge in [0.05, 0.1) is 9.92 Å². The van der Waals surface area contributed by atoms with Crippen molar-refractivity contribution >= 4 is 33.2 Å². The third-order valence-corrected chi connectivity index (χ3v) is 7.46. The molecule has 2 aromatic rings. The fourth-order valence-corrected chi connectivity index (χ4v) is 5.16. The van der Waals surface area contributed by atoms with Crippen molar-refractivity contribution in [3.63, 3.8) is 0 Å². The first kappa shape index (κ1) is 23.3. The van der Waals surface area contributed by atoms with Crippen molar-refractivity contribution in [2.24, 2.45) is 0 Å². The number of hydrogen-bond acceptors (Lipinski definition) is 5. The van der Waals surface area contributed by atoms with Gasteiger partial charge in [-0.2, -0.15) is 4.31 Å². The molecule has 3 rings (SSSR count). The van der Waals surface area contributed by atoms with E-state index >= 15 is 0 Å². The molecule has 1 aliphatic rings. The lowest BCUT2D eigenvalue weighted by molar-refractivity contribution is 0.0700. The van der Waals surface area contributed by atoms with Gasteiger partial charge in [-0.3, -0.25) is 4.90 Å². The van der Waals surface area contributed by atoms with Crippen LogP contribution in [-0.4, -0.2) is 68.2 Å². The van der Waals surface area contributed by atoms with Gasteiger partial charge in [0.15, 0.2) is 0 Å². The van der Waals surface area contributed by atoms with Gasteiger partial charge in [0.25, 0.3) is 0 Å². The van der Waals surface area contributed by atoms with E-state index in [1.807, 2.05) is 6.92 Å². The molecule has 2 aromatic carbocycles. The standard InChI is InChI=1S/C21H26Cl2N2O4S/c1-16-3-6-19(7-4-16)30(27,28)25-10-2-9-24(11-12-25)14-18(26)15-29-21-13-17(22)5-8-20(21)23/h3-8,13,18,26H,2,9-12,14-15H2,1H3/t18-/m1/s1. The molecule has 1 atom stereocenters. The van der Waals surface area contributed by atoms with Crippen LogP contribution < -0.4 is 4.74 Å². The van der Waals surface area contributed by atoms with E-state index in [1.54, 1.807) is 42.5 Å². The molecular formula is C21H26Cl2N2O4S. The maximum Gasteiger partial charge on any atom is 0.243 e. The van der Waals surface area contributed by atoms with Crippen molar-refractivity contribution in [1.29, 1.82) is 0 Å². The highest BCUT2D eigenvalue weighted by molar-refractivity contribution is 7.89. The fourth-order valence-electron chi connectivity index (χ4n) is 3.35. The first-order chi connectivity index (χ1) is 14.3. The largest absolute Gasteiger partial charge is 0.489 e. The van der Waals surface area contributed by atoms with Gasteiger partial charge in [0, 0.05) is 37.3 Å². The summed E-state index contributed by atoms with van der Waals surface area (Å²) >= 11 is 12.0. The lowest BCUT2D eigenvalue weighted by Crippen LogP contribution is -2.39. The summed E-state index contributed by atoms with van der Waals surface area (Å²) in [5.41, 5.74) is 1.02. The van der Waals surface area contributed by atoms with Crippen LogP contribution in [0.15, 0.2) is 47.4 Å². The molecule has 0 unspecified atom stereocenters. The minimum atomic E-state index is -3.52. The Bertz CT molecular complexity index is 954. The molecule has 0 bridgehead atoms. The van der Waals surface area contributed by atoms with Crippen molar-refractivity contribution in [2.45, 2.75) is 24.3 Å². The predicted molar refractivity (Wildman–Crippen MR) is 119 cm³/mol. The number of aryl methyl sites for hydroxylation is 1. The molecule has 1 heterocycles. The summed E-state index contributed by atoms with van der Waals surface area (Å²) in [5, 5.41) is 11.3. The van der Waals surface area contributed by atoms with Crippen LogP contribution >= 0.6 is 23.2 Å². The predicted octanol–water partition coefficient (Wildman–Crippen LogP) is 3.44. The highest BCUT2D eigenvalue weighted by Gasteiger charge is 2.27. The number of rotatable bonds is 7. The summed E-state index contributed by atoms with van der Waals surface area (Å²) in [6, 6.07) is 11.8.